The standard InChI is InChI=1S/C17H27NO2/c1-5-11-18-15-12-16(17(15,3)4)20-14-10-8-7-9-13(14)19-6-2/h7-10,15-16,18H,5-6,11-12H2,1-4H3. The van der Waals surface area contributed by atoms with Crippen molar-refractivity contribution in [3.63, 3.8) is 0 Å². The Morgan fingerprint density at radius 3 is 2.50 bits per heavy atom. The van der Waals surface area contributed by atoms with Gasteiger partial charge in [-0.1, -0.05) is 32.9 Å². The highest BCUT2D eigenvalue weighted by atomic mass is 16.5. The van der Waals surface area contributed by atoms with E-state index < -0.39 is 0 Å². The van der Waals surface area contributed by atoms with Gasteiger partial charge in [0.15, 0.2) is 11.5 Å². The molecule has 0 saturated heterocycles. The highest BCUT2D eigenvalue weighted by Gasteiger charge is 2.49. The van der Waals surface area contributed by atoms with E-state index in [2.05, 4.69) is 26.1 Å². The summed E-state index contributed by atoms with van der Waals surface area (Å²) >= 11 is 0. The molecule has 0 bridgehead atoms. The lowest BCUT2D eigenvalue weighted by Gasteiger charge is -2.51. The first kappa shape index (κ1) is 15.2. The van der Waals surface area contributed by atoms with Crippen molar-refractivity contribution in [3.05, 3.63) is 24.3 Å². The Morgan fingerprint density at radius 1 is 1.20 bits per heavy atom. The van der Waals surface area contributed by atoms with Crippen LogP contribution >= 0.6 is 0 Å². The van der Waals surface area contributed by atoms with Crippen LogP contribution in [0.2, 0.25) is 0 Å². The van der Waals surface area contributed by atoms with Crippen LogP contribution in [0.1, 0.15) is 40.5 Å². The molecular weight excluding hydrogens is 250 g/mol. The van der Waals surface area contributed by atoms with Crippen molar-refractivity contribution in [3.8, 4) is 11.5 Å². The summed E-state index contributed by atoms with van der Waals surface area (Å²) in [5, 5.41) is 3.60. The Kier molecular flexibility index (Phi) is 4.92. The number of ether oxygens (including phenoxy) is 2. The molecule has 20 heavy (non-hydrogen) atoms. The van der Waals surface area contributed by atoms with E-state index in [1.807, 2.05) is 31.2 Å². The van der Waals surface area contributed by atoms with E-state index in [0.29, 0.717) is 12.6 Å². The number of rotatable bonds is 7. The Labute approximate surface area is 122 Å². The molecule has 1 aromatic carbocycles. The Morgan fingerprint density at radius 2 is 1.90 bits per heavy atom. The second-order valence-electron chi connectivity index (χ2n) is 6.05. The van der Waals surface area contributed by atoms with Crippen LogP contribution in [0.15, 0.2) is 24.3 Å². The third-order valence-corrected chi connectivity index (χ3v) is 4.24. The van der Waals surface area contributed by atoms with Gasteiger partial charge in [0, 0.05) is 17.9 Å². The van der Waals surface area contributed by atoms with Crippen molar-refractivity contribution in [2.24, 2.45) is 5.41 Å². The normalized spacial score (nSPS) is 24.0. The lowest BCUT2D eigenvalue weighted by molar-refractivity contribution is -0.0557. The third kappa shape index (κ3) is 3.09. The van der Waals surface area contributed by atoms with Crippen molar-refractivity contribution in [1.29, 1.82) is 0 Å². The zero-order valence-corrected chi connectivity index (χ0v) is 13.1. The van der Waals surface area contributed by atoms with Crippen LogP contribution in [0.4, 0.5) is 0 Å². The van der Waals surface area contributed by atoms with Gasteiger partial charge in [0.05, 0.1) is 6.61 Å². The lowest BCUT2D eigenvalue weighted by Crippen LogP contribution is -2.62. The summed E-state index contributed by atoms with van der Waals surface area (Å²) in [4.78, 5) is 0. The van der Waals surface area contributed by atoms with Crippen LogP contribution in [0, 0.1) is 5.41 Å². The highest BCUT2D eigenvalue weighted by Crippen LogP contribution is 2.44. The molecule has 0 heterocycles. The molecule has 1 saturated carbocycles. The first-order valence-corrected chi connectivity index (χ1v) is 7.71. The van der Waals surface area contributed by atoms with Crippen LogP contribution in [0.5, 0.6) is 11.5 Å². The maximum atomic E-state index is 6.19. The number of para-hydroxylation sites is 2. The SMILES string of the molecule is CCCNC1CC(Oc2ccccc2OCC)C1(C)C. The summed E-state index contributed by atoms with van der Waals surface area (Å²) in [5.74, 6) is 1.71. The molecule has 1 N–H and O–H groups in total. The monoisotopic (exact) mass is 277 g/mol. The van der Waals surface area contributed by atoms with Gasteiger partial charge >= 0.3 is 0 Å². The second-order valence-corrected chi connectivity index (χ2v) is 6.05. The van der Waals surface area contributed by atoms with Crippen LogP contribution in [0.25, 0.3) is 0 Å². The fourth-order valence-electron chi connectivity index (χ4n) is 2.73. The van der Waals surface area contributed by atoms with Gasteiger partial charge in [-0.25, -0.2) is 0 Å². The first-order chi connectivity index (χ1) is 9.59. The topological polar surface area (TPSA) is 30.5 Å². The van der Waals surface area contributed by atoms with Crippen LogP contribution < -0.4 is 14.8 Å². The molecule has 2 atom stereocenters. The molecule has 112 valence electrons. The largest absolute Gasteiger partial charge is 0.490 e. The Balaban J connectivity index is 1.98. The minimum atomic E-state index is 0.161. The molecule has 0 amide bonds. The molecule has 1 aromatic rings. The first-order valence-electron chi connectivity index (χ1n) is 7.71. The van der Waals surface area contributed by atoms with E-state index in [9.17, 15) is 0 Å². The molecule has 0 radical (unpaired) electrons. The van der Waals surface area contributed by atoms with Crippen molar-refractivity contribution in [2.75, 3.05) is 13.2 Å². The Hall–Kier alpha value is -1.22. The molecule has 2 rings (SSSR count). The van der Waals surface area contributed by atoms with Crippen LogP contribution in [-0.4, -0.2) is 25.3 Å². The quantitative estimate of drug-likeness (QED) is 0.825. The summed E-state index contributed by atoms with van der Waals surface area (Å²) in [6.45, 7) is 10.5. The average molecular weight is 277 g/mol. The van der Waals surface area contributed by atoms with E-state index in [1.54, 1.807) is 0 Å². The molecule has 1 aliphatic carbocycles. The second kappa shape index (κ2) is 6.49. The van der Waals surface area contributed by atoms with Crippen LogP contribution in [0.3, 0.4) is 0 Å². The fourth-order valence-corrected chi connectivity index (χ4v) is 2.73. The molecule has 1 aliphatic rings. The number of benzene rings is 1. The molecule has 0 spiro atoms. The van der Waals surface area contributed by atoms with Crippen molar-refractivity contribution in [2.45, 2.75) is 52.7 Å². The predicted molar refractivity (Wildman–Crippen MR) is 82.5 cm³/mol. The minimum absolute atomic E-state index is 0.161. The summed E-state index contributed by atoms with van der Waals surface area (Å²) in [7, 11) is 0. The number of hydrogen-bond donors (Lipinski definition) is 1. The fraction of sp³-hybridized carbons (Fsp3) is 0.647. The predicted octanol–water partition coefficient (Wildman–Crippen LogP) is 3.63. The number of hydrogen-bond acceptors (Lipinski definition) is 3. The van der Waals surface area contributed by atoms with Crippen LogP contribution in [-0.2, 0) is 0 Å². The average Bonchev–Trinajstić information content (AvgIpc) is 2.44. The van der Waals surface area contributed by atoms with E-state index in [-0.39, 0.29) is 11.5 Å². The minimum Gasteiger partial charge on any atom is -0.490 e. The zero-order chi connectivity index (χ0) is 14.6. The molecule has 1 fully saturated rings. The molecule has 3 heteroatoms. The van der Waals surface area contributed by atoms with Gasteiger partial charge in [0.2, 0.25) is 0 Å². The third-order valence-electron chi connectivity index (χ3n) is 4.24. The maximum absolute atomic E-state index is 6.19. The van der Waals surface area contributed by atoms with Gasteiger partial charge in [-0.2, -0.15) is 0 Å². The molecule has 3 nitrogen and oxygen atoms in total. The van der Waals surface area contributed by atoms with E-state index in [4.69, 9.17) is 9.47 Å². The van der Waals surface area contributed by atoms with Gasteiger partial charge in [0.1, 0.15) is 6.10 Å². The van der Waals surface area contributed by atoms with E-state index >= 15 is 0 Å². The van der Waals surface area contributed by atoms with Gasteiger partial charge in [-0.15, -0.1) is 0 Å². The van der Waals surface area contributed by atoms with E-state index in [0.717, 1.165) is 24.5 Å². The smallest absolute Gasteiger partial charge is 0.161 e. The van der Waals surface area contributed by atoms with Gasteiger partial charge < -0.3 is 14.8 Å². The zero-order valence-electron chi connectivity index (χ0n) is 13.1. The molecule has 0 aromatic heterocycles. The summed E-state index contributed by atoms with van der Waals surface area (Å²) in [5.41, 5.74) is 0.161. The summed E-state index contributed by atoms with van der Waals surface area (Å²) in [6.07, 6.45) is 2.48. The Bertz CT molecular complexity index is 431. The molecular formula is C17H27NO2. The van der Waals surface area contributed by atoms with Crippen molar-refractivity contribution in [1.82, 2.24) is 5.32 Å². The van der Waals surface area contributed by atoms with E-state index in [1.165, 1.54) is 6.42 Å². The molecule has 0 aliphatic heterocycles. The highest BCUT2D eigenvalue weighted by molar-refractivity contribution is 5.40. The maximum Gasteiger partial charge on any atom is 0.161 e. The lowest BCUT2D eigenvalue weighted by atomic mass is 9.64. The van der Waals surface area contributed by atoms with Crippen molar-refractivity contribution < 1.29 is 9.47 Å². The van der Waals surface area contributed by atoms with Crippen molar-refractivity contribution >= 4 is 0 Å². The van der Waals surface area contributed by atoms with Gasteiger partial charge in [0.25, 0.3) is 0 Å². The summed E-state index contributed by atoms with van der Waals surface area (Å²) in [6, 6.07) is 8.49. The molecule has 2 unspecified atom stereocenters. The number of nitrogens with one attached hydrogen (secondary N) is 1. The van der Waals surface area contributed by atoms with Gasteiger partial charge in [-0.05, 0) is 32.0 Å². The van der Waals surface area contributed by atoms with Gasteiger partial charge in [-0.3, -0.25) is 0 Å². The summed E-state index contributed by atoms with van der Waals surface area (Å²) < 4.78 is 11.8.